The van der Waals surface area contributed by atoms with Gasteiger partial charge in [0.1, 0.15) is 11.6 Å². The molecular formula is C17H10Cl2N2O3. The molecule has 0 bridgehead atoms. The lowest BCUT2D eigenvalue weighted by Crippen LogP contribution is -2.14. The van der Waals surface area contributed by atoms with Crippen molar-refractivity contribution >= 4 is 46.8 Å². The minimum absolute atomic E-state index is 0.0180. The van der Waals surface area contributed by atoms with Crippen LogP contribution in [0.15, 0.2) is 48.0 Å². The Morgan fingerprint density at radius 1 is 1.12 bits per heavy atom. The fraction of sp³-hybridized carbons (Fsp3) is 0. The number of halogens is 2. The van der Waals surface area contributed by atoms with Gasteiger partial charge in [-0.1, -0.05) is 35.3 Å². The highest BCUT2D eigenvalue weighted by atomic mass is 35.5. The Bertz CT molecular complexity index is 865. The molecule has 0 spiro atoms. The second kappa shape index (κ2) is 7.64. The minimum atomic E-state index is -1.12. The first kappa shape index (κ1) is 17.5. The second-order valence-corrected chi connectivity index (χ2v) is 5.46. The maximum Gasteiger partial charge on any atom is 0.335 e. The van der Waals surface area contributed by atoms with Crippen LogP contribution in [-0.2, 0) is 4.79 Å². The normalized spacial score (nSPS) is 10.8. The number of rotatable bonds is 4. The summed E-state index contributed by atoms with van der Waals surface area (Å²) in [5, 5.41) is 21.2. The van der Waals surface area contributed by atoms with E-state index in [2.05, 4.69) is 5.32 Å². The Hall–Kier alpha value is -2.81. The van der Waals surface area contributed by atoms with Crippen LogP contribution in [0.1, 0.15) is 15.9 Å². The van der Waals surface area contributed by atoms with Gasteiger partial charge < -0.3 is 10.4 Å². The highest BCUT2D eigenvalue weighted by Gasteiger charge is 2.13. The average molecular weight is 361 g/mol. The van der Waals surface area contributed by atoms with Crippen molar-refractivity contribution in [3.05, 3.63) is 69.2 Å². The monoisotopic (exact) mass is 360 g/mol. The van der Waals surface area contributed by atoms with Crippen molar-refractivity contribution in [2.45, 2.75) is 0 Å². The molecule has 2 aromatic carbocycles. The number of hydrogen-bond acceptors (Lipinski definition) is 3. The summed E-state index contributed by atoms with van der Waals surface area (Å²) in [5.41, 5.74) is 0.410. The number of carbonyl (C=O) groups excluding carboxylic acids is 1. The van der Waals surface area contributed by atoms with Crippen LogP contribution < -0.4 is 5.32 Å². The van der Waals surface area contributed by atoms with Gasteiger partial charge in [0.25, 0.3) is 5.91 Å². The molecule has 2 rings (SSSR count). The molecule has 0 saturated heterocycles. The summed E-state index contributed by atoms with van der Waals surface area (Å²) >= 11 is 12.0. The van der Waals surface area contributed by atoms with Gasteiger partial charge in [0.05, 0.1) is 5.56 Å². The summed E-state index contributed by atoms with van der Waals surface area (Å²) in [6, 6.07) is 12.3. The Balaban J connectivity index is 2.30. The van der Waals surface area contributed by atoms with Gasteiger partial charge in [-0.3, -0.25) is 4.79 Å². The van der Waals surface area contributed by atoms with E-state index in [1.165, 1.54) is 30.3 Å². The van der Waals surface area contributed by atoms with E-state index in [1.807, 2.05) is 0 Å². The predicted octanol–water partition coefficient (Wildman–Crippen LogP) is 4.24. The van der Waals surface area contributed by atoms with Crippen molar-refractivity contribution in [3.63, 3.8) is 0 Å². The van der Waals surface area contributed by atoms with Gasteiger partial charge in [-0.2, -0.15) is 5.26 Å². The maximum absolute atomic E-state index is 12.2. The summed E-state index contributed by atoms with van der Waals surface area (Å²) in [6.45, 7) is 0. The van der Waals surface area contributed by atoms with Crippen LogP contribution in [0, 0.1) is 11.3 Å². The van der Waals surface area contributed by atoms with Gasteiger partial charge in [-0.25, -0.2) is 4.79 Å². The lowest BCUT2D eigenvalue weighted by molar-refractivity contribution is -0.112. The number of benzene rings is 2. The van der Waals surface area contributed by atoms with Crippen LogP contribution in [0.5, 0.6) is 0 Å². The predicted molar refractivity (Wildman–Crippen MR) is 92.1 cm³/mol. The molecule has 0 radical (unpaired) electrons. The zero-order valence-electron chi connectivity index (χ0n) is 12.1. The number of carboxylic acids is 1. The van der Waals surface area contributed by atoms with E-state index in [4.69, 9.17) is 28.3 Å². The third kappa shape index (κ3) is 4.13. The zero-order chi connectivity index (χ0) is 17.7. The van der Waals surface area contributed by atoms with Gasteiger partial charge in [-0.15, -0.1) is 0 Å². The first-order chi connectivity index (χ1) is 11.4. The summed E-state index contributed by atoms with van der Waals surface area (Å²) in [5.74, 6) is -1.82. The Labute approximate surface area is 147 Å². The SMILES string of the molecule is N#CC(=Cc1c(Cl)cccc1Cl)C(=O)Nc1cccc(C(=O)O)c1. The highest BCUT2D eigenvalue weighted by molar-refractivity contribution is 6.37. The van der Waals surface area contributed by atoms with E-state index in [0.717, 1.165) is 0 Å². The molecule has 0 saturated carbocycles. The van der Waals surface area contributed by atoms with Gasteiger partial charge in [-0.05, 0) is 36.4 Å². The molecule has 7 heteroatoms. The quantitative estimate of drug-likeness (QED) is 0.630. The largest absolute Gasteiger partial charge is 0.478 e. The van der Waals surface area contributed by atoms with Gasteiger partial charge >= 0.3 is 5.97 Å². The lowest BCUT2D eigenvalue weighted by Gasteiger charge is -2.06. The maximum atomic E-state index is 12.2. The van der Waals surface area contributed by atoms with E-state index in [0.29, 0.717) is 15.6 Å². The third-order valence-electron chi connectivity index (χ3n) is 3.02. The Morgan fingerprint density at radius 2 is 1.75 bits per heavy atom. The molecule has 24 heavy (non-hydrogen) atoms. The van der Waals surface area contributed by atoms with Crippen molar-refractivity contribution < 1.29 is 14.7 Å². The number of hydrogen-bond donors (Lipinski definition) is 2. The molecule has 120 valence electrons. The van der Waals surface area contributed by atoms with Crippen molar-refractivity contribution in [1.82, 2.24) is 0 Å². The van der Waals surface area contributed by atoms with Crippen LogP contribution in [0.4, 0.5) is 5.69 Å². The molecule has 0 unspecified atom stereocenters. The molecule has 1 amide bonds. The molecule has 0 atom stereocenters. The smallest absolute Gasteiger partial charge is 0.335 e. The van der Waals surface area contributed by atoms with Crippen molar-refractivity contribution in [3.8, 4) is 6.07 Å². The summed E-state index contributed by atoms with van der Waals surface area (Å²) in [4.78, 5) is 23.2. The Morgan fingerprint density at radius 3 is 2.33 bits per heavy atom. The van der Waals surface area contributed by atoms with E-state index in [1.54, 1.807) is 24.3 Å². The van der Waals surface area contributed by atoms with Gasteiger partial charge in [0.15, 0.2) is 0 Å². The molecule has 0 fully saturated rings. The molecule has 0 aliphatic carbocycles. The topological polar surface area (TPSA) is 90.2 Å². The highest BCUT2D eigenvalue weighted by Crippen LogP contribution is 2.26. The van der Waals surface area contributed by atoms with Crippen molar-refractivity contribution in [1.29, 1.82) is 5.26 Å². The standard InChI is InChI=1S/C17H10Cl2N2O3/c18-14-5-2-6-15(19)13(14)8-11(9-20)16(22)21-12-4-1-3-10(7-12)17(23)24/h1-8H,(H,21,22)(H,23,24). The molecule has 0 aromatic heterocycles. The van der Waals surface area contributed by atoms with Crippen LogP contribution >= 0.6 is 23.2 Å². The summed E-state index contributed by atoms with van der Waals surface area (Å²) in [7, 11) is 0. The van der Waals surface area contributed by atoms with Gasteiger partial charge in [0.2, 0.25) is 0 Å². The third-order valence-corrected chi connectivity index (χ3v) is 3.68. The fourth-order valence-corrected chi connectivity index (χ4v) is 2.38. The van der Waals surface area contributed by atoms with Crippen LogP contribution in [-0.4, -0.2) is 17.0 Å². The number of nitrogens with zero attached hydrogens (tertiary/aromatic N) is 1. The minimum Gasteiger partial charge on any atom is -0.478 e. The molecule has 0 aliphatic rings. The number of aromatic carboxylic acids is 1. The van der Waals surface area contributed by atoms with Crippen LogP contribution in [0.3, 0.4) is 0 Å². The van der Waals surface area contributed by atoms with Gasteiger partial charge in [0, 0.05) is 21.3 Å². The molecule has 2 N–H and O–H groups in total. The number of nitrogens with one attached hydrogen (secondary N) is 1. The lowest BCUT2D eigenvalue weighted by atomic mass is 10.1. The number of carboxylic acid groups (broad SMARTS) is 1. The number of carbonyl (C=O) groups is 2. The molecule has 5 nitrogen and oxygen atoms in total. The second-order valence-electron chi connectivity index (χ2n) is 4.65. The average Bonchev–Trinajstić information content (AvgIpc) is 2.54. The summed E-state index contributed by atoms with van der Waals surface area (Å²) in [6.07, 6.45) is 1.28. The van der Waals surface area contributed by atoms with Crippen LogP contribution in [0.25, 0.3) is 6.08 Å². The van der Waals surface area contributed by atoms with E-state index >= 15 is 0 Å². The first-order valence-electron chi connectivity index (χ1n) is 6.63. The van der Waals surface area contributed by atoms with Crippen molar-refractivity contribution in [2.24, 2.45) is 0 Å². The number of nitriles is 1. The van der Waals surface area contributed by atoms with E-state index < -0.39 is 11.9 Å². The zero-order valence-corrected chi connectivity index (χ0v) is 13.6. The fourth-order valence-electron chi connectivity index (χ4n) is 1.87. The number of anilines is 1. The van der Waals surface area contributed by atoms with Crippen molar-refractivity contribution in [2.75, 3.05) is 5.32 Å². The molecular weight excluding hydrogens is 351 g/mol. The summed E-state index contributed by atoms with van der Waals surface area (Å²) < 4.78 is 0. The first-order valence-corrected chi connectivity index (χ1v) is 7.38. The molecule has 0 heterocycles. The van der Waals surface area contributed by atoms with E-state index in [9.17, 15) is 14.9 Å². The van der Waals surface area contributed by atoms with E-state index in [-0.39, 0.29) is 16.8 Å². The molecule has 0 aliphatic heterocycles. The molecule has 2 aromatic rings. The van der Waals surface area contributed by atoms with Crippen LogP contribution in [0.2, 0.25) is 10.0 Å². The Kier molecular flexibility index (Phi) is 5.59. The number of amides is 1.